The van der Waals surface area contributed by atoms with Gasteiger partial charge in [-0.15, -0.1) is 0 Å². The molecule has 2 aromatic rings. The third kappa shape index (κ3) is 2.83. The molecule has 1 aliphatic rings. The second-order valence-corrected chi connectivity index (χ2v) is 4.66. The fourth-order valence-electron chi connectivity index (χ4n) is 2.30. The first-order chi connectivity index (χ1) is 9.33. The minimum absolute atomic E-state index is 0.225. The van der Waals surface area contributed by atoms with Gasteiger partial charge in [-0.2, -0.15) is 0 Å². The van der Waals surface area contributed by atoms with E-state index in [2.05, 4.69) is 14.9 Å². The van der Waals surface area contributed by atoms with Crippen LogP contribution in [0.4, 0.5) is 4.39 Å². The summed E-state index contributed by atoms with van der Waals surface area (Å²) in [5.41, 5.74) is 1.96. The molecular formula is C14H16FN3O. The SMILES string of the molecule is Fc1ccc(-c2cncn2CC2COCCN2)cc1. The van der Waals surface area contributed by atoms with Gasteiger partial charge in [0.15, 0.2) is 0 Å². The van der Waals surface area contributed by atoms with Crippen LogP contribution >= 0.6 is 0 Å². The molecule has 4 nitrogen and oxygen atoms in total. The molecule has 1 N–H and O–H groups in total. The molecule has 0 spiro atoms. The standard InChI is InChI=1S/C14H16FN3O/c15-12-3-1-11(2-4-12)14-7-16-10-18(14)8-13-9-19-6-5-17-13/h1-4,7,10,13,17H,5-6,8-9H2. The van der Waals surface area contributed by atoms with Crippen molar-refractivity contribution in [3.05, 3.63) is 42.6 Å². The van der Waals surface area contributed by atoms with Gasteiger partial charge in [0.25, 0.3) is 0 Å². The van der Waals surface area contributed by atoms with Crippen molar-refractivity contribution in [2.24, 2.45) is 0 Å². The van der Waals surface area contributed by atoms with Gasteiger partial charge in [-0.05, 0) is 29.8 Å². The summed E-state index contributed by atoms with van der Waals surface area (Å²) < 4.78 is 20.5. The summed E-state index contributed by atoms with van der Waals surface area (Å²) in [6.45, 7) is 3.16. The number of hydrogen-bond acceptors (Lipinski definition) is 3. The van der Waals surface area contributed by atoms with Crippen LogP contribution in [0.15, 0.2) is 36.8 Å². The lowest BCUT2D eigenvalue weighted by molar-refractivity contribution is 0.0715. The lowest BCUT2D eigenvalue weighted by atomic mass is 10.1. The molecule has 1 aliphatic heterocycles. The fourth-order valence-corrected chi connectivity index (χ4v) is 2.30. The molecule has 1 aromatic carbocycles. The van der Waals surface area contributed by atoms with Crippen LogP contribution in [0.2, 0.25) is 0 Å². The molecule has 1 atom stereocenters. The Morgan fingerprint density at radius 1 is 1.37 bits per heavy atom. The molecule has 100 valence electrons. The number of halogens is 1. The topological polar surface area (TPSA) is 39.1 Å². The van der Waals surface area contributed by atoms with Gasteiger partial charge < -0.3 is 14.6 Å². The Morgan fingerprint density at radius 3 is 2.95 bits per heavy atom. The number of aromatic nitrogens is 2. The van der Waals surface area contributed by atoms with Gasteiger partial charge in [-0.3, -0.25) is 0 Å². The Labute approximate surface area is 111 Å². The monoisotopic (exact) mass is 261 g/mol. The zero-order valence-electron chi connectivity index (χ0n) is 10.6. The average Bonchev–Trinajstić information content (AvgIpc) is 2.89. The predicted octanol–water partition coefficient (Wildman–Crippen LogP) is 1.68. The molecule has 1 saturated heterocycles. The zero-order chi connectivity index (χ0) is 13.1. The first-order valence-electron chi connectivity index (χ1n) is 6.40. The van der Waals surface area contributed by atoms with Gasteiger partial charge in [-0.1, -0.05) is 0 Å². The molecule has 2 heterocycles. The van der Waals surface area contributed by atoms with Gasteiger partial charge >= 0.3 is 0 Å². The Hall–Kier alpha value is -1.72. The Balaban J connectivity index is 1.79. The van der Waals surface area contributed by atoms with Crippen molar-refractivity contribution in [2.75, 3.05) is 19.8 Å². The van der Waals surface area contributed by atoms with E-state index >= 15 is 0 Å². The molecule has 0 saturated carbocycles. The van der Waals surface area contributed by atoms with Gasteiger partial charge in [-0.25, -0.2) is 9.37 Å². The van der Waals surface area contributed by atoms with Crippen molar-refractivity contribution in [1.29, 1.82) is 0 Å². The third-order valence-corrected chi connectivity index (χ3v) is 3.27. The van der Waals surface area contributed by atoms with Gasteiger partial charge in [0.05, 0.1) is 31.4 Å². The number of ether oxygens (including phenoxy) is 1. The lowest BCUT2D eigenvalue weighted by Gasteiger charge is -2.24. The second kappa shape index (κ2) is 5.50. The molecule has 0 aliphatic carbocycles. The second-order valence-electron chi connectivity index (χ2n) is 4.66. The van der Waals surface area contributed by atoms with Crippen molar-refractivity contribution >= 4 is 0 Å². The maximum absolute atomic E-state index is 13.0. The summed E-state index contributed by atoms with van der Waals surface area (Å²) in [6.07, 6.45) is 3.60. The minimum atomic E-state index is -0.225. The molecule has 19 heavy (non-hydrogen) atoms. The molecule has 3 rings (SSSR count). The zero-order valence-corrected chi connectivity index (χ0v) is 10.6. The predicted molar refractivity (Wildman–Crippen MR) is 70.2 cm³/mol. The van der Waals surface area contributed by atoms with Crippen molar-refractivity contribution < 1.29 is 9.13 Å². The number of nitrogens with one attached hydrogen (secondary N) is 1. The van der Waals surface area contributed by atoms with E-state index in [0.29, 0.717) is 12.6 Å². The largest absolute Gasteiger partial charge is 0.378 e. The molecule has 0 amide bonds. The summed E-state index contributed by atoms with van der Waals surface area (Å²) in [5, 5.41) is 3.41. The Morgan fingerprint density at radius 2 is 2.21 bits per heavy atom. The van der Waals surface area contributed by atoms with Crippen LogP contribution in [-0.4, -0.2) is 35.4 Å². The van der Waals surface area contributed by atoms with E-state index in [4.69, 9.17) is 4.74 Å². The maximum Gasteiger partial charge on any atom is 0.123 e. The summed E-state index contributed by atoms with van der Waals surface area (Å²) in [5.74, 6) is -0.225. The first kappa shape index (κ1) is 12.3. The van der Waals surface area contributed by atoms with Crippen LogP contribution in [0.5, 0.6) is 0 Å². The van der Waals surface area contributed by atoms with Crippen LogP contribution in [0.25, 0.3) is 11.3 Å². The highest BCUT2D eigenvalue weighted by Gasteiger charge is 2.15. The van der Waals surface area contributed by atoms with Crippen molar-refractivity contribution in [3.8, 4) is 11.3 Å². The number of benzene rings is 1. The molecule has 1 aromatic heterocycles. The first-order valence-corrected chi connectivity index (χ1v) is 6.40. The molecule has 1 fully saturated rings. The molecule has 1 unspecified atom stereocenters. The quantitative estimate of drug-likeness (QED) is 0.913. The van der Waals surface area contributed by atoms with E-state index < -0.39 is 0 Å². The van der Waals surface area contributed by atoms with E-state index in [1.807, 2.05) is 0 Å². The number of imidazole rings is 1. The van der Waals surface area contributed by atoms with Crippen LogP contribution in [0.1, 0.15) is 0 Å². The molecule has 0 bridgehead atoms. The van der Waals surface area contributed by atoms with E-state index in [0.717, 1.165) is 31.0 Å². The van der Waals surface area contributed by atoms with Crippen molar-refractivity contribution in [2.45, 2.75) is 12.6 Å². The van der Waals surface area contributed by atoms with Crippen molar-refractivity contribution in [1.82, 2.24) is 14.9 Å². The normalized spacial score (nSPS) is 19.5. The van der Waals surface area contributed by atoms with Crippen molar-refractivity contribution in [3.63, 3.8) is 0 Å². The van der Waals surface area contributed by atoms with Gasteiger partial charge in [0.2, 0.25) is 0 Å². The van der Waals surface area contributed by atoms with E-state index in [1.165, 1.54) is 12.1 Å². The van der Waals surface area contributed by atoms with E-state index in [1.54, 1.807) is 24.7 Å². The minimum Gasteiger partial charge on any atom is -0.378 e. The number of morpholine rings is 1. The Kier molecular flexibility index (Phi) is 3.57. The van der Waals surface area contributed by atoms with Crippen LogP contribution in [-0.2, 0) is 11.3 Å². The van der Waals surface area contributed by atoms with E-state index in [9.17, 15) is 4.39 Å². The fraction of sp³-hybridized carbons (Fsp3) is 0.357. The summed E-state index contributed by atoms with van der Waals surface area (Å²) in [6, 6.07) is 6.77. The number of nitrogens with zero attached hydrogens (tertiary/aromatic N) is 2. The summed E-state index contributed by atoms with van der Waals surface area (Å²) in [4.78, 5) is 4.19. The highest BCUT2D eigenvalue weighted by molar-refractivity contribution is 5.58. The molecule has 0 radical (unpaired) electrons. The highest BCUT2D eigenvalue weighted by Crippen LogP contribution is 2.19. The molecular weight excluding hydrogens is 245 g/mol. The third-order valence-electron chi connectivity index (χ3n) is 3.27. The van der Waals surface area contributed by atoms with Gasteiger partial charge in [0, 0.05) is 19.1 Å². The smallest absolute Gasteiger partial charge is 0.123 e. The molecule has 5 heteroatoms. The highest BCUT2D eigenvalue weighted by atomic mass is 19.1. The number of rotatable bonds is 3. The van der Waals surface area contributed by atoms with Crippen LogP contribution < -0.4 is 5.32 Å². The average molecular weight is 261 g/mol. The Bertz CT molecular complexity index is 532. The summed E-state index contributed by atoms with van der Waals surface area (Å²) >= 11 is 0. The lowest BCUT2D eigenvalue weighted by Crippen LogP contribution is -2.43. The van der Waals surface area contributed by atoms with E-state index in [-0.39, 0.29) is 5.82 Å². The van der Waals surface area contributed by atoms with Gasteiger partial charge in [0.1, 0.15) is 5.82 Å². The summed E-state index contributed by atoms with van der Waals surface area (Å²) in [7, 11) is 0. The number of hydrogen-bond donors (Lipinski definition) is 1. The maximum atomic E-state index is 13.0. The van der Waals surface area contributed by atoms with Crippen LogP contribution in [0, 0.1) is 5.82 Å². The van der Waals surface area contributed by atoms with Crippen LogP contribution in [0.3, 0.4) is 0 Å².